The van der Waals surface area contributed by atoms with Crippen molar-refractivity contribution in [3.8, 4) is 0 Å². The van der Waals surface area contributed by atoms with Crippen LogP contribution in [0.1, 0.15) is 6.92 Å². The van der Waals surface area contributed by atoms with Crippen molar-refractivity contribution in [2.75, 3.05) is 6.54 Å². The summed E-state index contributed by atoms with van der Waals surface area (Å²) in [5.74, 6) is -0.919. The number of aromatic nitrogens is 3. The number of hydrogen-bond donors (Lipinski definition) is 2. The Balaban J connectivity index is 2.06. The van der Waals surface area contributed by atoms with Crippen molar-refractivity contribution < 1.29 is 9.90 Å². The number of pyridine rings is 1. The van der Waals surface area contributed by atoms with Crippen LogP contribution in [0.25, 0.3) is 5.65 Å². The standard InChI is InChI=1S/C11H14N4O3/c1-8(10(16)17)12-5-7-15-11(18)14-6-3-2-4-9(14)13-15/h2-4,6,8,12H,5,7H2,1H3,(H,16,17)/t8-/m0/s1. The quantitative estimate of drug-likeness (QED) is 0.751. The van der Waals surface area contributed by atoms with Gasteiger partial charge in [0.15, 0.2) is 5.65 Å². The smallest absolute Gasteiger partial charge is 0.350 e. The van der Waals surface area contributed by atoms with E-state index in [0.29, 0.717) is 18.7 Å². The van der Waals surface area contributed by atoms with Gasteiger partial charge in [0.2, 0.25) is 0 Å². The highest BCUT2D eigenvalue weighted by molar-refractivity contribution is 5.72. The third-order valence-electron chi connectivity index (χ3n) is 2.63. The van der Waals surface area contributed by atoms with Gasteiger partial charge in [-0.1, -0.05) is 6.07 Å². The number of carboxylic acid groups (broad SMARTS) is 1. The Morgan fingerprint density at radius 3 is 3.00 bits per heavy atom. The van der Waals surface area contributed by atoms with Gasteiger partial charge in [0.1, 0.15) is 6.04 Å². The molecule has 0 saturated carbocycles. The minimum Gasteiger partial charge on any atom is -0.480 e. The van der Waals surface area contributed by atoms with Crippen LogP contribution in [0.5, 0.6) is 0 Å². The van der Waals surface area contributed by atoms with E-state index in [0.717, 1.165) is 0 Å². The van der Waals surface area contributed by atoms with Crippen molar-refractivity contribution in [2.24, 2.45) is 0 Å². The summed E-state index contributed by atoms with van der Waals surface area (Å²) >= 11 is 0. The summed E-state index contributed by atoms with van der Waals surface area (Å²) in [5.41, 5.74) is 0.351. The maximum Gasteiger partial charge on any atom is 0.350 e. The molecule has 0 aliphatic rings. The highest BCUT2D eigenvalue weighted by Crippen LogP contribution is 1.94. The number of aliphatic carboxylic acids is 1. The molecule has 0 fully saturated rings. The number of fused-ring (bicyclic) bond motifs is 1. The highest BCUT2D eigenvalue weighted by atomic mass is 16.4. The fraction of sp³-hybridized carbons (Fsp3) is 0.364. The molecule has 2 N–H and O–H groups in total. The van der Waals surface area contributed by atoms with Crippen LogP contribution in [0.4, 0.5) is 0 Å². The van der Waals surface area contributed by atoms with Crippen LogP contribution >= 0.6 is 0 Å². The fourth-order valence-corrected chi connectivity index (χ4v) is 1.59. The molecule has 0 aliphatic carbocycles. The summed E-state index contributed by atoms with van der Waals surface area (Å²) < 4.78 is 2.76. The lowest BCUT2D eigenvalue weighted by atomic mass is 10.3. The number of rotatable bonds is 5. The maximum atomic E-state index is 11.9. The summed E-state index contributed by atoms with van der Waals surface area (Å²) in [6.07, 6.45) is 1.65. The molecule has 1 atom stereocenters. The molecule has 0 radical (unpaired) electrons. The predicted molar refractivity (Wildman–Crippen MR) is 64.6 cm³/mol. The van der Waals surface area contributed by atoms with Crippen LogP contribution in [0.3, 0.4) is 0 Å². The topological polar surface area (TPSA) is 88.6 Å². The van der Waals surface area contributed by atoms with Gasteiger partial charge < -0.3 is 10.4 Å². The van der Waals surface area contributed by atoms with Gasteiger partial charge in [0.05, 0.1) is 6.54 Å². The molecule has 0 amide bonds. The third-order valence-corrected chi connectivity index (χ3v) is 2.63. The Labute approximate surface area is 103 Å². The number of carbonyl (C=O) groups is 1. The molecular formula is C11H14N4O3. The molecule has 0 spiro atoms. The molecule has 0 bridgehead atoms. The summed E-state index contributed by atoms with van der Waals surface area (Å²) in [4.78, 5) is 22.5. The largest absolute Gasteiger partial charge is 0.480 e. The zero-order valence-corrected chi connectivity index (χ0v) is 9.91. The summed E-state index contributed by atoms with van der Waals surface area (Å²) in [7, 11) is 0. The number of nitrogens with one attached hydrogen (secondary N) is 1. The summed E-state index contributed by atoms with van der Waals surface area (Å²) in [5, 5.41) is 15.6. The first kappa shape index (κ1) is 12.3. The Bertz CT molecular complexity index is 616. The Kier molecular flexibility index (Phi) is 3.42. The second kappa shape index (κ2) is 5.01. The van der Waals surface area contributed by atoms with Gasteiger partial charge in [0, 0.05) is 12.7 Å². The van der Waals surface area contributed by atoms with Gasteiger partial charge in [0.25, 0.3) is 0 Å². The second-order valence-corrected chi connectivity index (χ2v) is 3.95. The minimum absolute atomic E-state index is 0.227. The van der Waals surface area contributed by atoms with Gasteiger partial charge in [-0.25, -0.2) is 9.48 Å². The molecule has 7 heteroatoms. The zero-order chi connectivity index (χ0) is 13.1. The Morgan fingerprint density at radius 1 is 1.56 bits per heavy atom. The van der Waals surface area contributed by atoms with E-state index < -0.39 is 12.0 Å². The van der Waals surface area contributed by atoms with Crippen LogP contribution in [-0.2, 0) is 11.3 Å². The molecular weight excluding hydrogens is 236 g/mol. The molecule has 0 aromatic carbocycles. The van der Waals surface area contributed by atoms with Crippen LogP contribution in [-0.4, -0.2) is 37.8 Å². The van der Waals surface area contributed by atoms with E-state index in [9.17, 15) is 9.59 Å². The molecule has 7 nitrogen and oxygen atoms in total. The zero-order valence-electron chi connectivity index (χ0n) is 9.91. The molecule has 2 heterocycles. The van der Waals surface area contributed by atoms with Crippen LogP contribution in [0.15, 0.2) is 29.2 Å². The Morgan fingerprint density at radius 2 is 2.33 bits per heavy atom. The monoisotopic (exact) mass is 250 g/mol. The van der Waals surface area contributed by atoms with Crippen LogP contribution < -0.4 is 11.0 Å². The van der Waals surface area contributed by atoms with Crippen LogP contribution in [0, 0.1) is 0 Å². The summed E-state index contributed by atoms with van der Waals surface area (Å²) in [6.45, 7) is 2.25. The normalized spacial score (nSPS) is 12.7. The molecule has 0 unspecified atom stereocenters. The molecule has 96 valence electrons. The average Bonchev–Trinajstić information content (AvgIpc) is 2.67. The van der Waals surface area contributed by atoms with Gasteiger partial charge in [-0.05, 0) is 19.1 Å². The number of nitrogens with zero attached hydrogens (tertiary/aromatic N) is 3. The Hall–Kier alpha value is -2.15. The maximum absolute atomic E-state index is 11.9. The average molecular weight is 250 g/mol. The van der Waals surface area contributed by atoms with Crippen molar-refractivity contribution in [3.05, 3.63) is 34.9 Å². The van der Waals surface area contributed by atoms with E-state index in [2.05, 4.69) is 10.4 Å². The molecule has 0 aliphatic heterocycles. The van der Waals surface area contributed by atoms with Crippen molar-refractivity contribution in [2.45, 2.75) is 19.5 Å². The first-order chi connectivity index (χ1) is 8.59. The highest BCUT2D eigenvalue weighted by Gasteiger charge is 2.10. The van der Waals surface area contributed by atoms with Gasteiger partial charge in [-0.2, -0.15) is 0 Å². The lowest BCUT2D eigenvalue weighted by Gasteiger charge is -2.07. The molecule has 18 heavy (non-hydrogen) atoms. The van der Waals surface area contributed by atoms with E-state index in [-0.39, 0.29) is 5.69 Å². The lowest BCUT2D eigenvalue weighted by molar-refractivity contribution is -0.139. The van der Waals surface area contributed by atoms with Crippen molar-refractivity contribution in [3.63, 3.8) is 0 Å². The van der Waals surface area contributed by atoms with E-state index in [1.165, 1.54) is 9.08 Å². The van der Waals surface area contributed by atoms with E-state index in [1.54, 1.807) is 31.3 Å². The minimum atomic E-state index is -0.919. The summed E-state index contributed by atoms with van der Waals surface area (Å²) in [6, 6.07) is 4.66. The van der Waals surface area contributed by atoms with Crippen molar-refractivity contribution in [1.82, 2.24) is 19.5 Å². The van der Waals surface area contributed by atoms with Gasteiger partial charge in [-0.15, -0.1) is 5.10 Å². The number of hydrogen-bond acceptors (Lipinski definition) is 4. The number of carboxylic acids is 1. The van der Waals surface area contributed by atoms with Crippen molar-refractivity contribution in [1.29, 1.82) is 0 Å². The van der Waals surface area contributed by atoms with E-state index in [4.69, 9.17) is 5.11 Å². The molecule has 2 aromatic heterocycles. The lowest BCUT2D eigenvalue weighted by Crippen LogP contribution is -2.37. The van der Waals surface area contributed by atoms with Crippen LogP contribution in [0.2, 0.25) is 0 Å². The second-order valence-electron chi connectivity index (χ2n) is 3.95. The van der Waals surface area contributed by atoms with Gasteiger partial charge in [-0.3, -0.25) is 9.20 Å². The van der Waals surface area contributed by atoms with E-state index in [1.807, 2.05) is 0 Å². The SMILES string of the molecule is C[C@H](NCCn1nc2ccccn2c1=O)C(=O)O. The fourth-order valence-electron chi connectivity index (χ4n) is 1.59. The predicted octanol–water partition coefficient (Wildman–Crippen LogP) is -0.441. The first-order valence-corrected chi connectivity index (χ1v) is 5.60. The van der Waals surface area contributed by atoms with E-state index >= 15 is 0 Å². The first-order valence-electron chi connectivity index (χ1n) is 5.60. The van der Waals surface area contributed by atoms with Crippen molar-refractivity contribution >= 4 is 11.6 Å². The molecule has 0 saturated heterocycles. The molecule has 2 aromatic rings. The third kappa shape index (κ3) is 2.40. The molecule has 2 rings (SSSR count). The van der Waals surface area contributed by atoms with Gasteiger partial charge >= 0.3 is 11.7 Å².